The number of fused-ring (bicyclic) bond motifs is 1. The Morgan fingerprint density at radius 3 is 2.42 bits per heavy atom. The maximum absolute atomic E-state index is 13.3. The summed E-state index contributed by atoms with van der Waals surface area (Å²) in [6, 6.07) is 15.5. The van der Waals surface area contributed by atoms with E-state index in [2.05, 4.69) is 15.5 Å². The van der Waals surface area contributed by atoms with Crippen LogP contribution in [0.15, 0.2) is 75.8 Å². The summed E-state index contributed by atoms with van der Waals surface area (Å²) in [6.07, 6.45) is 0. The number of nitrogens with one attached hydrogen (secondary N) is 1. The zero-order chi connectivity index (χ0) is 26.9. The molecule has 4 aromatic rings. The van der Waals surface area contributed by atoms with E-state index in [-0.39, 0.29) is 57.1 Å². The SMILES string of the molecule is COc1cc(Cl)cc(NC(=O)c2cc3ccccc3c(N=Nc3cc(C)c(S(=O)(=O)O)c(Cl)c3)c2[O-])c1.[Na+]. The van der Waals surface area contributed by atoms with Crippen molar-refractivity contribution in [1.82, 2.24) is 0 Å². The molecule has 0 radical (unpaired) electrons. The second-order valence-corrected chi connectivity index (χ2v) is 10.1. The summed E-state index contributed by atoms with van der Waals surface area (Å²) in [6.45, 7) is 1.43. The molecule has 0 spiro atoms. The van der Waals surface area contributed by atoms with Crippen LogP contribution in [0.2, 0.25) is 10.0 Å². The fourth-order valence-electron chi connectivity index (χ4n) is 3.73. The summed E-state index contributed by atoms with van der Waals surface area (Å²) in [5.74, 6) is -0.939. The second kappa shape index (κ2) is 12.0. The molecule has 0 aromatic heterocycles. The van der Waals surface area contributed by atoms with Crippen LogP contribution in [0, 0.1) is 6.92 Å². The molecular formula is C25H18Cl2N3NaO6S. The van der Waals surface area contributed by atoms with E-state index >= 15 is 0 Å². The van der Waals surface area contributed by atoms with Crippen molar-refractivity contribution in [3.8, 4) is 11.5 Å². The van der Waals surface area contributed by atoms with E-state index in [9.17, 15) is 22.9 Å². The first-order valence-corrected chi connectivity index (χ1v) is 12.8. The van der Waals surface area contributed by atoms with E-state index in [1.807, 2.05) is 0 Å². The van der Waals surface area contributed by atoms with Gasteiger partial charge in [-0.15, -0.1) is 0 Å². The molecule has 1 amide bonds. The number of carbonyl (C=O) groups excluding carboxylic acids is 1. The van der Waals surface area contributed by atoms with E-state index in [1.165, 1.54) is 38.3 Å². The third kappa shape index (κ3) is 6.47. The molecule has 2 N–H and O–H groups in total. The molecule has 38 heavy (non-hydrogen) atoms. The van der Waals surface area contributed by atoms with Gasteiger partial charge in [0.15, 0.2) is 0 Å². The summed E-state index contributed by atoms with van der Waals surface area (Å²) in [5, 5.41) is 25.2. The summed E-state index contributed by atoms with van der Waals surface area (Å²) in [7, 11) is -3.09. The Hall–Kier alpha value is -2.70. The molecule has 0 bridgehead atoms. The van der Waals surface area contributed by atoms with Gasteiger partial charge in [-0.3, -0.25) is 9.35 Å². The van der Waals surface area contributed by atoms with E-state index < -0.39 is 26.7 Å². The molecule has 4 rings (SSSR count). The van der Waals surface area contributed by atoms with Gasteiger partial charge in [-0.05, 0) is 48.2 Å². The van der Waals surface area contributed by atoms with Crippen molar-refractivity contribution in [3.63, 3.8) is 0 Å². The van der Waals surface area contributed by atoms with Gasteiger partial charge in [0.25, 0.3) is 16.0 Å². The number of azo groups is 1. The average Bonchev–Trinajstić information content (AvgIpc) is 2.81. The Morgan fingerprint density at radius 1 is 1.05 bits per heavy atom. The van der Waals surface area contributed by atoms with Crippen LogP contribution in [0.3, 0.4) is 0 Å². The molecule has 9 nitrogen and oxygen atoms in total. The third-order valence-electron chi connectivity index (χ3n) is 5.32. The molecule has 0 aliphatic carbocycles. The molecule has 13 heteroatoms. The zero-order valence-corrected chi connectivity index (χ0v) is 24.6. The van der Waals surface area contributed by atoms with E-state index in [0.29, 0.717) is 27.2 Å². The Morgan fingerprint density at radius 2 is 1.76 bits per heavy atom. The predicted molar refractivity (Wildman–Crippen MR) is 140 cm³/mol. The molecule has 0 atom stereocenters. The molecule has 190 valence electrons. The Labute approximate surface area is 250 Å². The number of rotatable bonds is 6. The van der Waals surface area contributed by atoms with Crippen molar-refractivity contribution in [2.45, 2.75) is 11.8 Å². The number of nitrogens with zero attached hydrogens (tertiary/aromatic N) is 2. The van der Waals surface area contributed by atoms with Crippen LogP contribution < -0.4 is 44.7 Å². The number of hydrogen-bond donors (Lipinski definition) is 2. The molecule has 0 fully saturated rings. The van der Waals surface area contributed by atoms with E-state index in [1.54, 1.807) is 36.4 Å². The number of ether oxygens (including phenoxy) is 1. The van der Waals surface area contributed by atoms with Crippen LogP contribution in [-0.4, -0.2) is 26.0 Å². The molecule has 0 saturated heterocycles. The van der Waals surface area contributed by atoms with Crippen LogP contribution in [0.5, 0.6) is 11.5 Å². The van der Waals surface area contributed by atoms with Gasteiger partial charge in [-0.25, -0.2) is 0 Å². The molecule has 4 aromatic carbocycles. The molecular weight excluding hydrogens is 564 g/mol. The first kappa shape index (κ1) is 29.9. The van der Waals surface area contributed by atoms with Gasteiger partial charge in [0.05, 0.1) is 23.5 Å². The van der Waals surface area contributed by atoms with Crippen molar-refractivity contribution in [2.75, 3.05) is 12.4 Å². The monoisotopic (exact) mass is 581 g/mol. The minimum absolute atomic E-state index is 0. The van der Waals surface area contributed by atoms with Crippen LogP contribution in [0.4, 0.5) is 17.1 Å². The number of benzene rings is 4. The summed E-state index contributed by atoms with van der Waals surface area (Å²) < 4.78 is 37.7. The molecule has 0 unspecified atom stereocenters. The molecule has 0 saturated carbocycles. The maximum atomic E-state index is 13.3. The van der Waals surface area contributed by atoms with Gasteiger partial charge in [-0.2, -0.15) is 18.6 Å². The first-order valence-electron chi connectivity index (χ1n) is 10.6. The Kier molecular flexibility index (Phi) is 9.43. The first-order chi connectivity index (χ1) is 17.5. The summed E-state index contributed by atoms with van der Waals surface area (Å²) in [5.41, 5.74) is 0.330. The number of hydrogen-bond acceptors (Lipinski definition) is 7. The van der Waals surface area contributed by atoms with Gasteiger partial charge in [0.1, 0.15) is 10.6 Å². The number of methoxy groups -OCH3 is 1. The summed E-state index contributed by atoms with van der Waals surface area (Å²) in [4.78, 5) is 12.6. The van der Waals surface area contributed by atoms with Crippen molar-refractivity contribution in [1.29, 1.82) is 0 Å². The van der Waals surface area contributed by atoms with Crippen molar-refractivity contribution >= 4 is 67.1 Å². The maximum Gasteiger partial charge on any atom is 1.00 e. The van der Waals surface area contributed by atoms with Crippen LogP contribution in [0.1, 0.15) is 15.9 Å². The van der Waals surface area contributed by atoms with Crippen LogP contribution in [-0.2, 0) is 10.1 Å². The van der Waals surface area contributed by atoms with Gasteiger partial charge >= 0.3 is 29.6 Å². The van der Waals surface area contributed by atoms with E-state index in [0.717, 1.165) is 0 Å². The van der Waals surface area contributed by atoms with Gasteiger partial charge in [-0.1, -0.05) is 53.2 Å². The quantitative estimate of drug-likeness (QED) is 0.203. The Balaban J connectivity index is 0.00000400. The van der Waals surface area contributed by atoms with Crippen LogP contribution in [0.25, 0.3) is 10.8 Å². The fraction of sp³-hybridized carbons (Fsp3) is 0.0800. The zero-order valence-electron chi connectivity index (χ0n) is 20.3. The second-order valence-electron chi connectivity index (χ2n) is 7.91. The minimum atomic E-state index is -4.55. The summed E-state index contributed by atoms with van der Waals surface area (Å²) >= 11 is 12.1. The van der Waals surface area contributed by atoms with Crippen molar-refractivity contribution in [2.24, 2.45) is 10.2 Å². The number of anilines is 1. The standard InChI is InChI=1S/C25H19Cl2N3O6S.Na/c1-13-7-17(12-21(27)24(13)37(33,34)35)29-30-22-19-6-4-3-5-14(19)8-20(23(22)31)25(32)28-16-9-15(26)10-18(11-16)36-2;/h3-12,31H,1-2H3,(H,28,32)(H,33,34,35);/q;+1/p-1. The van der Waals surface area contributed by atoms with Gasteiger partial charge < -0.3 is 15.2 Å². The van der Waals surface area contributed by atoms with E-state index in [4.69, 9.17) is 27.9 Å². The number of halogens is 2. The molecule has 0 heterocycles. The normalized spacial score (nSPS) is 11.4. The van der Waals surface area contributed by atoms with Crippen LogP contribution >= 0.6 is 23.2 Å². The average molecular weight is 582 g/mol. The smallest absolute Gasteiger partial charge is 0.870 e. The fourth-order valence-corrected chi connectivity index (χ4v) is 5.28. The Bertz CT molecular complexity index is 1670. The number of carbonyl (C=O) groups is 1. The minimum Gasteiger partial charge on any atom is -0.870 e. The molecule has 0 aliphatic heterocycles. The number of aryl methyl sites for hydroxylation is 1. The third-order valence-corrected chi connectivity index (χ3v) is 7.01. The topological polar surface area (TPSA) is 140 Å². The van der Waals surface area contributed by atoms with Crippen molar-refractivity contribution in [3.05, 3.63) is 81.8 Å². The predicted octanol–water partition coefficient (Wildman–Crippen LogP) is 3.46. The number of amides is 1. The van der Waals surface area contributed by atoms with Gasteiger partial charge in [0.2, 0.25) is 0 Å². The largest absolute Gasteiger partial charge is 1.00 e. The van der Waals surface area contributed by atoms with Gasteiger partial charge in [0, 0.05) is 27.7 Å². The molecule has 0 aliphatic rings. The van der Waals surface area contributed by atoms with Crippen molar-refractivity contribution < 1.29 is 57.2 Å².